The minimum absolute atomic E-state index is 0.149. The van der Waals surface area contributed by atoms with Gasteiger partial charge >= 0.3 is 0 Å². The standard InChI is InChI=1S/C12H24N2O2S/c1-2-14(10-11-4-3-5-11)17(15,16)12-6-8-13-9-7-12/h11-13H,2-10H2,1H3. The molecule has 1 aliphatic carbocycles. The molecule has 0 spiro atoms. The summed E-state index contributed by atoms with van der Waals surface area (Å²) >= 11 is 0. The molecular formula is C12H24N2O2S. The van der Waals surface area contributed by atoms with Crippen LogP contribution in [-0.4, -0.2) is 44.2 Å². The summed E-state index contributed by atoms with van der Waals surface area (Å²) < 4.78 is 26.7. The molecule has 100 valence electrons. The van der Waals surface area contributed by atoms with Gasteiger partial charge in [0.1, 0.15) is 0 Å². The summed E-state index contributed by atoms with van der Waals surface area (Å²) in [6.45, 7) is 5.01. The molecule has 1 saturated heterocycles. The third-order valence-corrected chi connectivity index (χ3v) is 6.55. The summed E-state index contributed by atoms with van der Waals surface area (Å²) in [5.41, 5.74) is 0. The molecule has 2 rings (SSSR count). The molecule has 1 heterocycles. The van der Waals surface area contributed by atoms with E-state index < -0.39 is 10.0 Å². The molecule has 0 aromatic heterocycles. The van der Waals surface area contributed by atoms with Crippen molar-refractivity contribution in [3.63, 3.8) is 0 Å². The highest BCUT2D eigenvalue weighted by Crippen LogP contribution is 2.29. The largest absolute Gasteiger partial charge is 0.317 e. The number of rotatable bonds is 5. The first-order valence-electron chi connectivity index (χ1n) is 6.84. The average Bonchev–Trinajstić information content (AvgIpc) is 2.28. The lowest BCUT2D eigenvalue weighted by Crippen LogP contribution is -2.46. The van der Waals surface area contributed by atoms with Crippen molar-refractivity contribution in [1.82, 2.24) is 9.62 Å². The first-order chi connectivity index (χ1) is 8.14. The van der Waals surface area contributed by atoms with Gasteiger partial charge in [0.05, 0.1) is 5.25 Å². The third kappa shape index (κ3) is 3.01. The van der Waals surface area contributed by atoms with Crippen molar-refractivity contribution >= 4 is 10.0 Å². The van der Waals surface area contributed by atoms with E-state index in [0.717, 1.165) is 32.5 Å². The van der Waals surface area contributed by atoms with Gasteiger partial charge in [-0.25, -0.2) is 12.7 Å². The predicted octanol–water partition coefficient (Wildman–Crippen LogP) is 1.19. The first-order valence-corrected chi connectivity index (χ1v) is 8.34. The molecule has 0 aromatic carbocycles. The van der Waals surface area contributed by atoms with Crippen molar-refractivity contribution in [1.29, 1.82) is 0 Å². The summed E-state index contributed by atoms with van der Waals surface area (Å²) in [4.78, 5) is 0. The van der Waals surface area contributed by atoms with Gasteiger partial charge in [-0.15, -0.1) is 0 Å². The van der Waals surface area contributed by atoms with Crippen LogP contribution in [0.15, 0.2) is 0 Å². The zero-order valence-electron chi connectivity index (χ0n) is 10.7. The fourth-order valence-corrected chi connectivity index (χ4v) is 4.71. The Morgan fingerprint density at radius 1 is 1.18 bits per heavy atom. The first kappa shape index (κ1) is 13.3. The number of sulfonamides is 1. The summed E-state index contributed by atoms with van der Waals surface area (Å²) in [5, 5.41) is 3.07. The molecule has 0 atom stereocenters. The molecule has 1 N–H and O–H groups in total. The van der Waals surface area contributed by atoms with E-state index >= 15 is 0 Å². The van der Waals surface area contributed by atoms with E-state index in [2.05, 4.69) is 5.32 Å². The van der Waals surface area contributed by atoms with E-state index in [4.69, 9.17) is 0 Å². The molecule has 2 fully saturated rings. The van der Waals surface area contributed by atoms with Crippen LogP contribution >= 0.6 is 0 Å². The van der Waals surface area contributed by atoms with Crippen molar-refractivity contribution in [2.45, 2.75) is 44.3 Å². The second-order valence-electron chi connectivity index (χ2n) is 5.24. The van der Waals surface area contributed by atoms with E-state index in [0.29, 0.717) is 12.5 Å². The number of nitrogens with one attached hydrogen (secondary N) is 1. The lowest BCUT2D eigenvalue weighted by molar-refractivity contribution is 0.247. The van der Waals surface area contributed by atoms with Crippen LogP contribution in [0.3, 0.4) is 0 Å². The van der Waals surface area contributed by atoms with E-state index in [1.54, 1.807) is 4.31 Å². The summed E-state index contributed by atoms with van der Waals surface area (Å²) in [6.07, 6.45) is 5.22. The Balaban J connectivity index is 1.99. The van der Waals surface area contributed by atoms with Crippen molar-refractivity contribution in [3.8, 4) is 0 Å². The highest BCUT2D eigenvalue weighted by atomic mass is 32.2. The molecule has 0 amide bonds. The van der Waals surface area contributed by atoms with Gasteiger partial charge in [0.2, 0.25) is 10.0 Å². The fraction of sp³-hybridized carbons (Fsp3) is 1.00. The van der Waals surface area contributed by atoms with Crippen molar-refractivity contribution in [2.75, 3.05) is 26.2 Å². The molecule has 0 unspecified atom stereocenters. The van der Waals surface area contributed by atoms with Gasteiger partial charge in [-0.3, -0.25) is 0 Å². The molecule has 0 aromatic rings. The van der Waals surface area contributed by atoms with Crippen LogP contribution in [0, 0.1) is 5.92 Å². The minimum atomic E-state index is -3.05. The van der Waals surface area contributed by atoms with Gasteiger partial charge in [0.15, 0.2) is 0 Å². The smallest absolute Gasteiger partial charge is 0.217 e. The monoisotopic (exact) mass is 260 g/mol. The zero-order valence-corrected chi connectivity index (χ0v) is 11.5. The van der Waals surface area contributed by atoms with Crippen LogP contribution in [0.5, 0.6) is 0 Å². The highest BCUT2D eigenvalue weighted by Gasteiger charge is 2.34. The Bertz CT molecular complexity index is 332. The van der Waals surface area contributed by atoms with Crippen molar-refractivity contribution in [2.24, 2.45) is 5.92 Å². The van der Waals surface area contributed by atoms with E-state index in [1.165, 1.54) is 19.3 Å². The SMILES string of the molecule is CCN(CC1CCC1)S(=O)(=O)C1CCNCC1. The highest BCUT2D eigenvalue weighted by molar-refractivity contribution is 7.89. The summed E-state index contributed by atoms with van der Waals surface area (Å²) in [7, 11) is -3.05. The molecule has 1 aliphatic heterocycles. The number of hydrogen-bond acceptors (Lipinski definition) is 3. The maximum absolute atomic E-state index is 12.5. The summed E-state index contributed by atoms with van der Waals surface area (Å²) in [6, 6.07) is 0. The quantitative estimate of drug-likeness (QED) is 0.808. The van der Waals surface area contributed by atoms with Gasteiger partial charge in [0.25, 0.3) is 0 Å². The van der Waals surface area contributed by atoms with Gasteiger partial charge in [-0.2, -0.15) is 0 Å². The van der Waals surface area contributed by atoms with Crippen LogP contribution in [0.2, 0.25) is 0 Å². The Hall–Kier alpha value is -0.130. The van der Waals surface area contributed by atoms with Crippen LogP contribution in [0.1, 0.15) is 39.0 Å². The normalized spacial score (nSPS) is 23.9. The predicted molar refractivity (Wildman–Crippen MR) is 69.4 cm³/mol. The average molecular weight is 260 g/mol. The molecule has 0 radical (unpaired) electrons. The van der Waals surface area contributed by atoms with Crippen LogP contribution in [-0.2, 0) is 10.0 Å². The maximum atomic E-state index is 12.5. The van der Waals surface area contributed by atoms with Crippen LogP contribution < -0.4 is 5.32 Å². The molecule has 4 nitrogen and oxygen atoms in total. The summed E-state index contributed by atoms with van der Waals surface area (Å²) in [5.74, 6) is 0.617. The van der Waals surface area contributed by atoms with E-state index in [1.807, 2.05) is 6.92 Å². The van der Waals surface area contributed by atoms with Gasteiger partial charge in [-0.1, -0.05) is 13.3 Å². The second kappa shape index (κ2) is 5.67. The Morgan fingerprint density at radius 2 is 1.82 bits per heavy atom. The molecule has 17 heavy (non-hydrogen) atoms. The third-order valence-electron chi connectivity index (χ3n) is 4.11. The molecule has 2 aliphatic rings. The Labute approximate surface area is 105 Å². The topological polar surface area (TPSA) is 49.4 Å². The second-order valence-corrected chi connectivity index (χ2v) is 7.45. The van der Waals surface area contributed by atoms with Crippen LogP contribution in [0.4, 0.5) is 0 Å². The van der Waals surface area contributed by atoms with E-state index in [9.17, 15) is 8.42 Å². The minimum Gasteiger partial charge on any atom is -0.317 e. The number of hydrogen-bond donors (Lipinski definition) is 1. The lowest BCUT2D eigenvalue weighted by atomic mass is 9.85. The Kier molecular flexibility index (Phi) is 4.44. The number of nitrogens with zero attached hydrogens (tertiary/aromatic N) is 1. The van der Waals surface area contributed by atoms with Crippen LogP contribution in [0.25, 0.3) is 0 Å². The lowest BCUT2D eigenvalue weighted by Gasteiger charge is -2.34. The molecule has 0 bridgehead atoms. The van der Waals surface area contributed by atoms with Gasteiger partial charge < -0.3 is 5.32 Å². The van der Waals surface area contributed by atoms with Gasteiger partial charge in [0, 0.05) is 13.1 Å². The fourth-order valence-electron chi connectivity index (χ4n) is 2.68. The molecule has 5 heteroatoms. The Morgan fingerprint density at radius 3 is 2.29 bits per heavy atom. The number of piperidine rings is 1. The van der Waals surface area contributed by atoms with E-state index in [-0.39, 0.29) is 5.25 Å². The zero-order chi connectivity index (χ0) is 12.3. The van der Waals surface area contributed by atoms with Crippen molar-refractivity contribution in [3.05, 3.63) is 0 Å². The van der Waals surface area contributed by atoms with Gasteiger partial charge in [-0.05, 0) is 44.7 Å². The molecule has 1 saturated carbocycles. The maximum Gasteiger partial charge on any atom is 0.217 e. The van der Waals surface area contributed by atoms with Crippen molar-refractivity contribution < 1.29 is 8.42 Å². The molecular weight excluding hydrogens is 236 g/mol.